The number of ether oxygens (including phenoxy) is 3. The molecule has 5 atom stereocenters. The van der Waals surface area contributed by atoms with E-state index in [1.165, 1.54) is 96.7 Å². The summed E-state index contributed by atoms with van der Waals surface area (Å²) in [5, 5.41) is 34.0. The lowest BCUT2D eigenvalue weighted by Crippen LogP contribution is -2.49. The molecule has 654 valence electrons. The number of aliphatic hydroxyl groups excluding tert-OH is 1. The van der Waals surface area contributed by atoms with Gasteiger partial charge in [-0.3, -0.25) is 48.2 Å². The molecule has 4 N–H and O–H groups in total. The van der Waals surface area contributed by atoms with Crippen LogP contribution in [0.4, 0.5) is 35.3 Å². The Morgan fingerprint density at radius 1 is 0.456 bits per heavy atom. The minimum atomic E-state index is -0.269. The summed E-state index contributed by atoms with van der Waals surface area (Å²) in [5.41, 5.74) is 21.4. The van der Waals surface area contributed by atoms with E-state index in [-0.39, 0.29) is 18.2 Å². The zero-order valence-corrected chi connectivity index (χ0v) is 73.4. The van der Waals surface area contributed by atoms with Crippen molar-refractivity contribution >= 4 is 41.3 Å². The molecule has 3 aliphatic carbocycles. The number of piperazine rings is 3. The number of fused-ring (bicyclic) bond motifs is 9. The molecule has 5 fully saturated rings. The van der Waals surface area contributed by atoms with Crippen molar-refractivity contribution in [3.05, 3.63) is 198 Å². The summed E-state index contributed by atoms with van der Waals surface area (Å²) in [6.07, 6.45) is 25.9. The molecular formula is C96H120N24O5. The third-order valence-electron chi connectivity index (χ3n) is 26.1. The number of β-amino-alcohol motifs (C(OH)–C–C–N with tert-alkyl or cyclic N) is 1. The van der Waals surface area contributed by atoms with Gasteiger partial charge in [0.05, 0.1) is 85.8 Å². The average Bonchev–Trinajstić information content (AvgIpc) is 1.65. The Morgan fingerprint density at radius 3 is 1.18 bits per heavy atom. The fourth-order valence-electron chi connectivity index (χ4n) is 19.5. The van der Waals surface area contributed by atoms with Gasteiger partial charge in [0, 0.05) is 259 Å². The summed E-state index contributed by atoms with van der Waals surface area (Å²) in [5.74, 6) is 4.90. The van der Waals surface area contributed by atoms with Gasteiger partial charge in [-0.1, -0.05) is 112 Å². The number of carbonyl (C=O) groups excluding carboxylic acids is 1. The average molecular weight is 1690 g/mol. The number of anilines is 6. The summed E-state index contributed by atoms with van der Waals surface area (Å²) in [6, 6.07) is 37.6. The number of aromatic nitrogens is 15. The van der Waals surface area contributed by atoms with Crippen molar-refractivity contribution in [3.63, 3.8) is 0 Å². The van der Waals surface area contributed by atoms with Crippen molar-refractivity contribution in [3.8, 4) is 67.5 Å². The fraction of sp³-hybridized carbons (Fsp3) is 0.458. The van der Waals surface area contributed by atoms with E-state index in [0.29, 0.717) is 61.5 Å². The number of hydrogen-bond acceptors (Lipinski definition) is 23. The molecule has 14 heterocycles. The van der Waals surface area contributed by atoms with E-state index < -0.39 is 0 Å². The quantitative estimate of drug-likeness (QED) is 0.0387. The number of rotatable bonds is 25. The molecule has 0 amide bonds. The van der Waals surface area contributed by atoms with Crippen LogP contribution in [-0.2, 0) is 79.0 Å². The molecule has 9 aromatic heterocycles. The van der Waals surface area contributed by atoms with E-state index in [1.807, 2.05) is 82.4 Å². The van der Waals surface area contributed by atoms with Crippen LogP contribution in [-0.4, -0.2) is 269 Å². The lowest BCUT2D eigenvalue weighted by atomic mass is 9.83. The third-order valence-corrected chi connectivity index (χ3v) is 26.1. The first kappa shape index (κ1) is 84.7. The van der Waals surface area contributed by atoms with E-state index in [4.69, 9.17) is 49.4 Å². The molecule has 0 radical (unpaired) electrons. The number of esters is 1. The Kier molecular flexibility index (Phi) is 26.3. The molecule has 0 bridgehead atoms. The number of hydrogen-bond donors (Lipinski definition) is 4. The Morgan fingerprint density at radius 2 is 0.816 bits per heavy atom. The van der Waals surface area contributed by atoms with Crippen LogP contribution < -0.4 is 16.0 Å². The number of nitrogens with one attached hydrogen (secondary N) is 3. The maximum Gasteiger partial charge on any atom is 0.320 e. The van der Waals surface area contributed by atoms with Crippen LogP contribution in [0.1, 0.15) is 105 Å². The molecule has 12 aromatic rings. The normalized spacial score (nSPS) is 19.6. The summed E-state index contributed by atoms with van der Waals surface area (Å²) < 4.78 is 29.5. The van der Waals surface area contributed by atoms with Crippen LogP contribution >= 0.6 is 0 Å². The van der Waals surface area contributed by atoms with Gasteiger partial charge in [-0.15, -0.1) is 0 Å². The summed E-state index contributed by atoms with van der Waals surface area (Å²) in [6.45, 7) is 30.5. The smallest absolute Gasteiger partial charge is 0.320 e. The van der Waals surface area contributed by atoms with E-state index in [2.05, 4.69) is 214 Å². The van der Waals surface area contributed by atoms with Gasteiger partial charge in [-0.05, 0) is 90.2 Å². The zero-order chi connectivity index (χ0) is 85.4. The molecule has 5 aliphatic heterocycles. The summed E-state index contributed by atoms with van der Waals surface area (Å²) in [7, 11) is 6.36. The lowest BCUT2D eigenvalue weighted by molar-refractivity contribution is -0.154. The highest BCUT2D eigenvalue weighted by molar-refractivity contribution is 5.89. The fourth-order valence-corrected chi connectivity index (χ4v) is 19.5. The van der Waals surface area contributed by atoms with Crippen LogP contribution in [0.2, 0.25) is 0 Å². The second kappa shape index (κ2) is 38.8. The largest absolute Gasteiger partial charge is 0.461 e. The Hall–Kier alpha value is -11.1. The van der Waals surface area contributed by atoms with Crippen molar-refractivity contribution in [2.75, 3.05) is 154 Å². The first-order chi connectivity index (χ1) is 61.0. The standard InChI is InChI=1S/C34H42N8O3.C32H40N8O.C30H38N8O/c1-24-20-26-22-39(2)33(25-6-4-3-5-7-25)31(26)32-28(24)21-35-34(37-32)36-29-8-11-42(38-29)17-16-40-12-14-41(15-13-40)23-30(43)45-27-9-18-44-19-10-27;1-23-19-25-21-37(2)31(24-7-4-3-5-8-24)29(25)30-27(23)20-33-32(35-30)34-28-10-11-40(36-28)17-16-38-12-14-39(15-13-38)22-26-9-6-18-41-26;1-21-17-24-20-35(3)29(23-7-5-4-6-8-23)27(24)28-25(21)18-31-30(33-28)32-26-9-10-38(34-26)16-15-36-11-13-37(14-12-36)19-22(2)39/h3-8,11,21-22,24,27H,9-10,12-20,23H2,1-2H3,(H,35,36,37,38);3-5,7-8,10-11,20-21,23,26H,6,9,12-19,22H2,1-2H3,(H,33,34,35,36);4-10,18,20-22,39H,11-17,19H2,1-3H3,(H,31,32,33,34)/t24-;23-,26?;21-,22?/m111/s1. The number of nitrogens with zero attached hydrogens (tertiary/aromatic N) is 21. The summed E-state index contributed by atoms with van der Waals surface area (Å²) >= 11 is 0. The van der Waals surface area contributed by atoms with Crippen LogP contribution in [0.5, 0.6) is 0 Å². The number of carbonyl (C=O) groups is 1. The predicted molar refractivity (Wildman–Crippen MR) is 488 cm³/mol. The van der Waals surface area contributed by atoms with Gasteiger partial charge in [0.2, 0.25) is 17.8 Å². The molecule has 8 aliphatic rings. The topological polar surface area (TPSA) is 266 Å². The number of benzene rings is 3. The first-order valence-corrected chi connectivity index (χ1v) is 45.2. The highest BCUT2D eigenvalue weighted by Crippen LogP contribution is 2.48. The third kappa shape index (κ3) is 20.1. The monoisotopic (exact) mass is 1690 g/mol. The minimum Gasteiger partial charge on any atom is -0.461 e. The van der Waals surface area contributed by atoms with Gasteiger partial charge in [0.1, 0.15) is 6.10 Å². The maximum absolute atomic E-state index is 12.4. The van der Waals surface area contributed by atoms with Crippen molar-refractivity contribution < 1.29 is 24.1 Å². The van der Waals surface area contributed by atoms with Gasteiger partial charge in [0.15, 0.2) is 17.5 Å². The molecule has 0 saturated carbocycles. The molecule has 29 nitrogen and oxygen atoms in total. The number of aryl methyl sites for hydroxylation is 3. The van der Waals surface area contributed by atoms with Gasteiger partial charge >= 0.3 is 5.97 Å². The van der Waals surface area contributed by atoms with Crippen LogP contribution in [0.25, 0.3) is 67.5 Å². The van der Waals surface area contributed by atoms with Crippen molar-refractivity contribution in [1.82, 2.24) is 102 Å². The van der Waals surface area contributed by atoms with E-state index >= 15 is 0 Å². The van der Waals surface area contributed by atoms with Gasteiger partial charge in [-0.25, -0.2) is 29.9 Å². The van der Waals surface area contributed by atoms with Crippen LogP contribution in [0, 0.1) is 0 Å². The van der Waals surface area contributed by atoms with Crippen molar-refractivity contribution in [2.45, 2.75) is 128 Å². The highest BCUT2D eigenvalue weighted by Gasteiger charge is 2.35. The molecule has 3 aromatic carbocycles. The molecule has 125 heavy (non-hydrogen) atoms. The van der Waals surface area contributed by atoms with Crippen LogP contribution in [0.15, 0.2) is 165 Å². The van der Waals surface area contributed by atoms with Gasteiger partial charge in [-0.2, -0.15) is 15.3 Å². The van der Waals surface area contributed by atoms with E-state index in [1.54, 1.807) is 0 Å². The predicted octanol–water partition coefficient (Wildman–Crippen LogP) is 12.4. The lowest BCUT2D eigenvalue weighted by Gasteiger charge is -2.35. The molecular weight excluding hydrogens is 1570 g/mol. The minimum absolute atomic E-state index is 0.00714. The molecule has 0 spiro atoms. The maximum atomic E-state index is 12.4. The van der Waals surface area contributed by atoms with Crippen LogP contribution in [0.3, 0.4) is 0 Å². The van der Waals surface area contributed by atoms with Gasteiger partial charge in [0.25, 0.3) is 0 Å². The second-order valence-electron chi connectivity index (χ2n) is 35.3. The Bertz CT molecular complexity index is 5600. The Balaban J connectivity index is 0.000000128. The van der Waals surface area contributed by atoms with E-state index in [0.717, 1.165) is 204 Å². The second-order valence-corrected chi connectivity index (χ2v) is 35.3. The zero-order valence-electron chi connectivity index (χ0n) is 73.4. The molecule has 29 heteroatoms. The van der Waals surface area contributed by atoms with E-state index in [9.17, 15) is 9.90 Å². The first-order valence-electron chi connectivity index (χ1n) is 45.2. The molecule has 2 unspecified atom stereocenters. The summed E-state index contributed by atoms with van der Waals surface area (Å²) in [4.78, 5) is 56.1. The SMILES string of the molecule is CC(O)CN1CCN(CCn2ccc(Nc3ncc4c(n3)-c3c(cn(C)c3-c3ccccc3)C[C@H]4C)n2)CC1.C[C@@H]1Cc2cn(C)c(-c3ccccc3)c2-c2nc(Nc3ccn(CCN4CCN(CC(=O)OC5CCOCC5)CC4)n3)ncc21.C[C@@H]1Cc2cn(C)c(-c3ccccc3)c2-c2nc(Nc3ccn(CCN4CCN(CC5CCCO5)CC4)n3)ncc21. The van der Waals surface area contributed by atoms with Gasteiger partial charge < -0.3 is 49.0 Å². The number of aliphatic hydroxyl groups is 1. The highest BCUT2D eigenvalue weighted by atomic mass is 16.6. The Labute approximate surface area is 732 Å². The van der Waals surface area contributed by atoms with Crippen molar-refractivity contribution in [2.24, 2.45) is 21.1 Å². The molecule has 5 saturated heterocycles. The van der Waals surface area contributed by atoms with Crippen molar-refractivity contribution in [1.29, 1.82) is 0 Å². The molecule has 20 rings (SSSR count).